The Morgan fingerprint density at radius 3 is 2.75 bits per heavy atom. The molecule has 0 aliphatic rings. The molecule has 0 spiro atoms. The van der Waals surface area contributed by atoms with Crippen molar-refractivity contribution in [1.82, 2.24) is 15.1 Å². The minimum absolute atomic E-state index is 0.0653. The predicted molar refractivity (Wildman–Crippen MR) is 82.2 cm³/mol. The van der Waals surface area contributed by atoms with Gasteiger partial charge < -0.3 is 5.32 Å². The fourth-order valence-electron chi connectivity index (χ4n) is 2.40. The van der Waals surface area contributed by atoms with Crippen molar-refractivity contribution in [3.8, 4) is 0 Å². The van der Waals surface area contributed by atoms with Gasteiger partial charge in [0, 0.05) is 34.7 Å². The van der Waals surface area contributed by atoms with Crippen molar-refractivity contribution < 1.29 is 4.39 Å². The molecule has 3 nitrogen and oxygen atoms in total. The Hall–Kier alpha value is -1.20. The average Bonchev–Trinajstić information content (AvgIpc) is 2.76. The third-order valence-corrected chi connectivity index (χ3v) is 3.88. The quantitative estimate of drug-likeness (QED) is 0.901. The molecule has 0 saturated heterocycles. The lowest BCUT2D eigenvalue weighted by molar-refractivity contribution is 0.510. The van der Waals surface area contributed by atoms with E-state index in [4.69, 9.17) is 0 Å². The van der Waals surface area contributed by atoms with Gasteiger partial charge in [0.2, 0.25) is 0 Å². The highest BCUT2D eigenvalue weighted by atomic mass is 79.9. The molecule has 1 aromatic heterocycles. The summed E-state index contributed by atoms with van der Waals surface area (Å²) >= 11 is 3.29. The van der Waals surface area contributed by atoms with Crippen LogP contribution in [0.5, 0.6) is 0 Å². The molecule has 0 aliphatic heterocycles. The topological polar surface area (TPSA) is 29.9 Å². The fraction of sp³-hybridized carbons (Fsp3) is 0.400. The first-order valence-electron chi connectivity index (χ1n) is 6.70. The van der Waals surface area contributed by atoms with Crippen molar-refractivity contribution in [1.29, 1.82) is 0 Å². The number of nitrogens with zero attached hydrogens (tertiary/aromatic N) is 2. The minimum Gasteiger partial charge on any atom is -0.313 e. The van der Waals surface area contributed by atoms with Crippen molar-refractivity contribution in [3.63, 3.8) is 0 Å². The van der Waals surface area contributed by atoms with Crippen molar-refractivity contribution in [2.45, 2.75) is 32.9 Å². The number of likely N-dealkylation sites (N-methyl/N-ethyl adjacent to an activating group) is 1. The molecule has 108 valence electrons. The summed E-state index contributed by atoms with van der Waals surface area (Å²) in [6, 6.07) is 7.18. The van der Waals surface area contributed by atoms with Crippen LogP contribution in [0.15, 0.2) is 28.7 Å². The lowest BCUT2D eigenvalue weighted by Crippen LogP contribution is -2.21. The van der Waals surface area contributed by atoms with Crippen molar-refractivity contribution in [3.05, 3.63) is 51.5 Å². The smallest absolute Gasteiger partial charge is 0.129 e. The summed E-state index contributed by atoms with van der Waals surface area (Å²) in [5, 5.41) is 7.63. The van der Waals surface area contributed by atoms with Crippen LogP contribution in [0.25, 0.3) is 0 Å². The van der Waals surface area contributed by atoms with Gasteiger partial charge in [-0.3, -0.25) is 4.68 Å². The SMILES string of the molecule is CCn1nc(C)cc1CC(NC)c1ccc(Br)cc1F. The van der Waals surface area contributed by atoms with Gasteiger partial charge in [-0.15, -0.1) is 0 Å². The predicted octanol–water partition coefficient (Wildman–Crippen LogP) is 3.62. The Kier molecular flexibility index (Phi) is 4.94. The number of rotatable bonds is 5. The van der Waals surface area contributed by atoms with E-state index in [9.17, 15) is 4.39 Å². The van der Waals surface area contributed by atoms with Crippen LogP contribution < -0.4 is 5.32 Å². The zero-order chi connectivity index (χ0) is 14.7. The molecule has 2 aromatic rings. The fourth-order valence-corrected chi connectivity index (χ4v) is 2.73. The summed E-state index contributed by atoms with van der Waals surface area (Å²) in [6.07, 6.45) is 0.712. The lowest BCUT2D eigenvalue weighted by Gasteiger charge is -2.18. The van der Waals surface area contributed by atoms with E-state index in [1.165, 1.54) is 6.07 Å². The van der Waals surface area contributed by atoms with E-state index in [0.717, 1.165) is 22.4 Å². The van der Waals surface area contributed by atoms with Crippen LogP contribution in [0.3, 0.4) is 0 Å². The first kappa shape index (κ1) is 15.2. The standard InChI is InChI=1S/C15H19BrFN3/c1-4-20-12(7-10(2)19-20)9-15(18-3)13-6-5-11(16)8-14(13)17/h5-8,15,18H,4,9H2,1-3H3. The van der Waals surface area contributed by atoms with E-state index in [1.807, 2.05) is 30.8 Å². The minimum atomic E-state index is -0.196. The largest absolute Gasteiger partial charge is 0.313 e. The number of aromatic nitrogens is 2. The van der Waals surface area contributed by atoms with Gasteiger partial charge in [-0.2, -0.15) is 5.10 Å². The third-order valence-electron chi connectivity index (χ3n) is 3.38. The van der Waals surface area contributed by atoms with Crippen LogP contribution in [-0.2, 0) is 13.0 Å². The molecule has 0 amide bonds. The molecule has 1 N–H and O–H groups in total. The summed E-state index contributed by atoms with van der Waals surface area (Å²) in [4.78, 5) is 0. The van der Waals surface area contributed by atoms with Gasteiger partial charge in [-0.1, -0.05) is 22.0 Å². The van der Waals surface area contributed by atoms with Crippen LogP contribution >= 0.6 is 15.9 Å². The molecule has 0 saturated carbocycles. The summed E-state index contributed by atoms with van der Waals surface area (Å²) < 4.78 is 16.8. The molecular weight excluding hydrogens is 321 g/mol. The maximum atomic E-state index is 14.1. The van der Waals surface area contributed by atoms with Crippen LogP contribution in [0, 0.1) is 12.7 Å². The van der Waals surface area contributed by atoms with Gasteiger partial charge in [0.1, 0.15) is 5.82 Å². The average molecular weight is 340 g/mol. The number of aryl methyl sites for hydroxylation is 2. The number of halogens is 2. The Morgan fingerprint density at radius 1 is 1.40 bits per heavy atom. The summed E-state index contributed by atoms with van der Waals surface area (Å²) in [5.41, 5.74) is 2.79. The van der Waals surface area contributed by atoms with Crippen LogP contribution in [0.2, 0.25) is 0 Å². The summed E-state index contributed by atoms with van der Waals surface area (Å²) in [6.45, 7) is 4.86. The van der Waals surface area contributed by atoms with E-state index >= 15 is 0 Å². The second-order valence-corrected chi connectivity index (χ2v) is 5.72. The van der Waals surface area contributed by atoms with Gasteiger partial charge in [0.05, 0.1) is 5.69 Å². The molecule has 0 radical (unpaired) electrons. The Balaban J connectivity index is 2.28. The van der Waals surface area contributed by atoms with E-state index in [-0.39, 0.29) is 11.9 Å². The van der Waals surface area contributed by atoms with Crippen molar-refractivity contribution >= 4 is 15.9 Å². The third kappa shape index (κ3) is 3.27. The highest BCUT2D eigenvalue weighted by Gasteiger charge is 2.17. The molecule has 20 heavy (non-hydrogen) atoms. The van der Waals surface area contributed by atoms with E-state index in [1.54, 1.807) is 0 Å². The van der Waals surface area contributed by atoms with Gasteiger partial charge in [0.15, 0.2) is 0 Å². The Labute approximate surface area is 127 Å². The molecule has 1 aromatic carbocycles. The first-order valence-corrected chi connectivity index (χ1v) is 7.50. The molecule has 0 fully saturated rings. The zero-order valence-electron chi connectivity index (χ0n) is 12.0. The maximum Gasteiger partial charge on any atom is 0.129 e. The van der Waals surface area contributed by atoms with Crippen molar-refractivity contribution in [2.75, 3.05) is 7.05 Å². The van der Waals surface area contributed by atoms with Crippen LogP contribution in [0.4, 0.5) is 4.39 Å². The second-order valence-electron chi connectivity index (χ2n) is 4.80. The number of benzene rings is 1. The highest BCUT2D eigenvalue weighted by molar-refractivity contribution is 9.10. The normalized spacial score (nSPS) is 12.7. The first-order chi connectivity index (χ1) is 9.55. The van der Waals surface area contributed by atoms with E-state index in [2.05, 4.69) is 39.3 Å². The molecular formula is C15H19BrFN3. The summed E-state index contributed by atoms with van der Waals surface area (Å²) in [5.74, 6) is -0.196. The van der Waals surface area contributed by atoms with Crippen LogP contribution in [0.1, 0.15) is 29.9 Å². The van der Waals surface area contributed by atoms with E-state index in [0.29, 0.717) is 12.0 Å². The lowest BCUT2D eigenvalue weighted by atomic mass is 10.0. The van der Waals surface area contributed by atoms with Crippen LogP contribution in [-0.4, -0.2) is 16.8 Å². The van der Waals surface area contributed by atoms with Gasteiger partial charge in [-0.25, -0.2) is 4.39 Å². The number of nitrogens with one attached hydrogen (secondary N) is 1. The van der Waals surface area contributed by atoms with Gasteiger partial charge in [-0.05, 0) is 39.1 Å². The highest BCUT2D eigenvalue weighted by Crippen LogP contribution is 2.24. The summed E-state index contributed by atoms with van der Waals surface area (Å²) in [7, 11) is 1.85. The zero-order valence-corrected chi connectivity index (χ0v) is 13.5. The molecule has 2 rings (SSSR count). The molecule has 1 heterocycles. The maximum absolute atomic E-state index is 14.1. The van der Waals surface area contributed by atoms with Crippen molar-refractivity contribution in [2.24, 2.45) is 0 Å². The van der Waals surface area contributed by atoms with Gasteiger partial charge >= 0.3 is 0 Å². The Morgan fingerprint density at radius 2 is 2.15 bits per heavy atom. The molecule has 0 bridgehead atoms. The monoisotopic (exact) mass is 339 g/mol. The molecule has 0 aliphatic carbocycles. The van der Waals surface area contributed by atoms with Gasteiger partial charge in [0.25, 0.3) is 0 Å². The molecule has 1 unspecified atom stereocenters. The Bertz CT molecular complexity index is 595. The van der Waals surface area contributed by atoms with E-state index < -0.39 is 0 Å². The molecule has 5 heteroatoms. The molecule has 1 atom stereocenters. The number of hydrogen-bond acceptors (Lipinski definition) is 2. The number of hydrogen-bond donors (Lipinski definition) is 1. The second kappa shape index (κ2) is 6.50.